The van der Waals surface area contributed by atoms with Gasteiger partial charge in [-0.3, -0.25) is 10.1 Å². The van der Waals surface area contributed by atoms with Crippen LogP contribution in [0.25, 0.3) is 0 Å². The zero-order valence-electron chi connectivity index (χ0n) is 9.75. The Kier molecular flexibility index (Phi) is 3.38. The van der Waals surface area contributed by atoms with Gasteiger partial charge in [0.15, 0.2) is 16.8 Å². The summed E-state index contributed by atoms with van der Waals surface area (Å²) in [6.07, 6.45) is 0. The Balaban J connectivity index is 2.19. The summed E-state index contributed by atoms with van der Waals surface area (Å²) in [7, 11) is 0. The van der Waals surface area contributed by atoms with Crippen LogP contribution in [0, 0.1) is 25.5 Å². The molecule has 0 saturated heterocycles. The van der Waals surface area contributed by atoms with Crippen molar-refractivity contribution in [2.75, 3.05) is 5.32 Å². The topological polar surface area (TPSA) is 42.0 Å². The molecular formula is C12H10F2N2OS. The molecule has 6 heteroatoms. The highest BCUT2D eigenvalue weighted by Crippen LogP contribution is 2.21. The lowest BCUT2D eigenvalue weighted by Gasteiger charge is -2.02. The third-order valence-electron chi connectivity index (χ3n) is 2.43. The van der Waals surface area contributed by atoms with Gasteiger partial charge in [0.1, 0.15) is 0 Å². The maximum absolute atomic E-state index is 13.0. The molecule has 18 heavy (non-hydrogen) atoms. The summed E-state index contributed by atoms with van der Waals surface area (Å²) in [6.45, 7) is 3.72. The van der Waals surface area contributed by atoms with Crippen molar-refractivity contribution in [1.82, 2.24) is 4.98 Å². The second-order valence-electron chi connectivity index (χ2n) is 3.74. The fourth-order valence-corrected chi connectivity index (χ4v) is 2.14. The number of hydrogen-bond donors (Lipinski definition) is 1. The third-order valence-corrected chi connectivity index (χ3v) is 3.42. The van der Waals surface area contributed by atoms with Gasteiger partial charge in [0.05, 0.1) is 5.69 Å². The van der Waals surface area contributed by atoms with E-state index >= 15 is 0 Å². The Morgan fingerprint density at radius 1 is 1.28 bits per heavy atom. The van der Waals surface area contributed by atoms with Crippen molar-refractivity contribution in [2.24, 2.45) is 0 Å². The van der Waals surface area contributed by atoms with Crippen molar-refractivity contribution in [3.05, 3.63) is 46.0 Å². The van der Waals surface area contributed by atoms with Crippen LogP contribution in [0.4, 0.5) is 13.9 Å². The number of thiazole rings is 1. The minimum absolute atomic E-state index is 0.0550. The van der Waals surface area contributed by atoms with Gasteiger partial charge in [-0.25, -0.2) is 13.8 Å². The fourth-order valence-electron chi connectivity index (χ4n) is 1.33. The first-order chi connectivity index (χ1) is 8.47. The molecule has 1 aromatic heterocycles. The molecule has 1 aromatic carbocycles. The molecule has 1 N–H and O–H groups in total. The highest BCUT2D eigenvalue weighted by atomic mass is 32.1. The van der Waals surface area contributed by atoms with Gasteiger partial charge in [0.2, 0.25) is 0 Å². The van der Waals surface area contributed by atoms with Gasteiger partial charge >= 0.3 is 0 Å². The lowest BCUT2D eigenvalue weighted by Crippen LogP contribution is -2.12. The molecule has 0 unspecified atom stereocenters. The molecule has 0 bridgehead atoms. The average Bonchev–Trinajstić information content (AvgIpc) is 2.61. The van der Waals surface area contributed by atoms with Crippen molar-refractivity contribution in [2.45, 2.75) is 13.8 Å². The van der Waals surface area contributed by atoms with Gasteiger partial charge in [0.25, 0.3) is 5.91 Å². The van der Waals surface area contributed by atoms with Crippen molar-refractivity contribution in [1.29, 1.82) is 0 Å². The third kappa shape index (κ3) is 2.53. The lowest BCUT2D eigenvalue weighted by molar-refractivity contribution is 0.102. The molecule has 0 atom stereocenters. The smallest absolute Gasteiger partial charge is 0.257 e. The number of aromatic nitrogens is 1. The Morgan fingerprint density at radius 2 is 2.00 bits per heavy atom. The quantitative estimate of drug-likeness (QED) is 0.908. The number of amides is 1. The molecule has 2 rings (SSSR count). The minimum atomic E-state index is -1.05. The normalized spacial score (nSPS) is 10.4. The van der Waals surface area contributed by atoms with Crippen molar-refractivity contribution < 1.29 is 13.6 Å². The number of benzene rings is 1. The van der Waals surface area contributed by atoms with E-state index in [0.717, 1.165) is 22.7 Å². The zero-order valence-corrected chi connectivity index (χ0v) is 10.6. The number of aryl methyl sites for hydroxylation is 2. The molecule has 0 fully saturated rings. The molecule has 3 nitrogen and oxygen atoms in total. The van der Waals surface area contributed by atoms with Crippen LogP contribution in [0.15, 0.2) is 18.2 Å². The fraction of sp³-hybridized carbons (Fsp3) is 0.167. The van der Waals surface area contributed by atoms with Crippen LogP contribution in [0.2, 0.25) is 0 Å². The molecule has 0 aliphatic rings. The molecule has 0 aliphatic carbocycles. The van der Waals surface area contributed by atoms with Crippen molar-refractivity contribution in [3.8, 4) is 0 Å². The minimum Gasteiger partial charge on any atom is -0.298 e. The van der Waals surface area contributed by atoms with Gasteiger partial charge in [-0.2, -0.15) is 0 Å². The molecule has 1 heterocycles. The molecule has 0 saturated carbocycles. The van der Waals surface area contributed by atoms with E-state index < -0.39 is 17.5 Å². The van der Waals surface area contributed by atoms with E-state index in [1.54, 1.807) is 0 Å². The number of halogens is 2. The highest BCUT2D eigenvalue weighted by molar-refractivity contribution is 7.15. The van der Waals surface area contributed by atoms with Gasteiger partial charge in [-0.15, -0.1) is 11.3 Å². The average molecular weight is 268 g/mol. The van der Waals surface area contributed by atoms with Crippen LogP contribution in [-0.4, -0.2) is 10.9 Å². The first-order valence-corrected chi connectivity index (χ1v) is 5.99. The van der Waals surface area contributed by atoms with E-state index in [0.29, 0.717) is 5.13 Å². The van der Waals surface area contributed by atoms with Crippen LogP contribution in [0.1, 0.15) is 20.9 Å². The van der Waals surface area contributed by atoms with Crippen molar-refractivity contribution in [3.63, 3.8) is 0 Å². The first kappa shape index (κ1) is 12.6. The van der Waals surface area contributed by atoms with E-state index in [1.165, 1.54) is 17.4 Å². The summed E-state index contributed by atoms with van der Waals surface area (Å²) in [5, 5.41) is 2.99. The molecule has 0 aliphatic heterocycles. The van der Waals surface area contributed by atoms with E-state index in [4.69, 9.17) is 0 Å². The Morgan fingerprint density at radius 3 is 2.56 bits per heavy atom. The number of anilines is 1. The number of carbonyl (C=O) groups is 1. The Bertz CT molecular complexity index is 591. The molecule has 0 spiro atoms. The summed E-state index contributed by atoms with van der Waals surface area (Å²) in [5.41, 5.74) is 0.889. The molecule has 1 amide bonds. The van der Waals surface area contributed by atoms with Crippen molar-refractivity contribution >= 4 is 22.4 Å². The second kappa shape index (κ2) is 4.81. The maximum Gasteiger partial charge on any atom is 0.257 e. The van der Waals surface area contributed by atoms with Gasteiger partial charge in [0, 0.05) is 10.4 Å². The predicted molar refractivity (Wildman–Crippen MR) is 65.9 cm³/mol. The SMILES string of the molecule is Cc1nc(NC(=O)c2ccc(F)c(F)c2)sc1C. The van der Waals surface area contributed by atoms with Crippen LogP contribution in [0.5, 0.6) is 0 Å². The van der Waals surface area contributed by atoms with Gasteiger partial charge in [-0.1, -0.05) is 0 Å². The van der Waals surface area contributed by atoms with Crippen LogP contribution < -0.4 is 5.32 Å². The number of hydrogen-bond acceptors (Lipinski definition) is 3. The zero-order chi connectivity index (χ0) is 13.3. The number of nitrogens with zero attached hydrogens (tertiary/aromatic N) is 1. The summed E-state index contributed by atoms with van der Waals surface area (Å²) < 4.78 is 25.7. The van der Waals surface area contributed by atoms with E-state index in [1.807, 2.05) is 13.8 Å². The number of rotatable bonds is 2. The lowest BCUT2D eigenvalue weighted by atomic mass is 10.2. The monoisotopic (exact) mass is 268 g/mol. The summed E-state index contributed by atoms with van der Waals surface area (Å²) in [6, 6.07) is 3.00. The van der Waals surface area contributed by atoms with Gasteiger partial charge < -0.3 is 0 Å². The Hall–Kier alpha value is -1.82. The molecular weight excluding hydrogens is 258 g/mol. The summed E-state index contributed by atoms with van der Waals surface area (Å²) in [4.78, 5) is 16.9. The number of nitrogens with one attached hydrogen (secondary N) is 1. The standard InChI is InChI=1S/C12H10F2N2OS/c1-6-7(2)18-12(15-6)16-11(17)8-3-4-9(13)10(14)5-8/h3-5H,1-2H3,(H,15,16,17). The first-order valence-electron chi connectivity index (χ1n) is 5.18. The van der Waals surface area contributed by atoms with E-state index in [2.05, 4.69) is 10.3 Å². The molecule has 0 radical (unpaired) electrons. The molecule has 94 valence electrons. The second-order valence-corrected chi connectivity index (χ2v) is 4.95. The molecule has 2 aromatic rings. The number of carbonyl (C=O) groups excluding carboxylic acids is 1. The van der Waals surface area contributed by atoms with Gasteiger partial charge in [-0.05, 0) is 32.0 Å². The summed E-state index contributed by atoms with van der Waals surface area (Å²) >= 11 is 1.33. The highest BCUT2D eigenvalue weighted by Gasteiger charge is 2.12. The van der Waals surface area contributed by atoms with Crippen LogP contribution in [0.3, 0.4) is 0 Å². The summed E-state index contributed by atoms with van der Waals surface area (Å²) in [5.74, 6) is -2.54. The van der Waals surface area contributed by atoms with E-state index in [9.17, 15) is 13.6 Å². The predicted octanol–water partition coefficient (Wildman–Crippen LogP) is 3.29. The maximum atomic E-state index is 13.0. The van der Waals surface area contributed by atoms with E-state index in [-0.39, 0.29) is 5.56 Å². The van der Waals surface area contributed by atoms with Crippen LogP contribution >= 0.6 is 11.3 Å². The largest absolute Gasteiger partial charge is 0.298 e. The van der Waals surface area contributed by atoms with Crippen LogP contribution in [-0.2, 0) is 0 Å². The Labute approximate surface area is 106 Å².